The van der Waals surface area contributed by atoms with Gasteiger partial charge in [0, 0.05) is 12.6 Å². The van der Waals surface area contributed by atoms with Gasteiger partial charge in [0.05, 0.1) is 0 Å². The SMILES string of the molecule is Nc1cc(=O)[nH]c(S[C@H](C(=O)NCc2ccccc2)c2ccccc2)n1. The van der Waals surface area contributed by atoms with Crippen LogP contribution in [0.3, 0.4) is 0 Å². The summed E-state index contributed by atoms with van der Waals surface area (Å²) >= 11 is 1.15. The first kappa shape index (κ1) is 17.8. The number of carbonyl (C=O) groups is 1. The van der Waals surface area contributed by atoms with Gasteiger partial charge in [0.2, 0.25) is 5.91 Å². The summed E-state index contributed by atoms with van der Waals surface area (Å²) in [6.45, 7) is 0.421. The Labute approximate surface area is 154 Å². The average Bonchev–Trinajstić information content (AvgIpc) is 2.65. The van der Waals surface area contributed by atoms with E-state index in [4.69, 9.17) is 5.73 Å². The molecule has 1 heterocycles. The minimum Gasteiger partial charge on any atom is -0.383 e. The molecule has 3 aromatic rings. The Morgan fingerprint density at radius 2 is 1.77 bits per heavy atom. The van der Waals surface area contributed by atoms with Crippen LogP contribution in [-0.2, 0) is 11.3 Å². The molecule has 0 saturated heterocycles. The number of rotatable bonds is 6. The van der Waals surface area contributed by atoms with Crippen LogP contribution in [0.2, 0.25) is 0 Å². The summed E-state index contributed by atoms with van der Waals surface area (Å²) in [4.78, 5) is 31.1. The average molecular weight is 366 g/mol. The number of aromatic amines is 1. The van der Waals surface area contributed by atoms with Gasteiger partial charge < -0.3 is 16.0 Å². The van der Waals surface area contributed by atoms with Gasteiger partial charge in [-0.05, 0) is 11.1 Å². The van der Waals surface area contributed by atoms with Crippen molar-refractivity contribution in [2.75, 3.05) is 5.73 Å². The Morgan fingerprint density at radius 1 is 1.12 bits per heavy atom. The lowest BCUT2D eigenvalue weighted by Crippen LogP contribution is -2.28. The summed E-state index contributed by atoms with van der Waals surface area (Å²) in [5, 5.41) is 2.68. The molecule has 4 N–H and O–H groups in total. The number of nitrogens with one attached hydrogen (secondary N) is 2. The molecule has 0 aliphatic rings. The zero-order valence-corrected chi connectivity index (χ0v) is 14.7. The molecular weight excluding hydrogens is 348 g/mol. The van der Waals surface area contributed by atoms with Crippen LogP contribution in [0, 0.1) is 0 Å². The molecule has 0 aliphatic heterocycles. The minimum atomic E-state index is -0.565. The highest BCUT2D eigenvalue weighted by Gasteiger charge is 2.23. The highest BCUT2D eigenvalue weighted by molar-refractivity contribution is 8.00. The van der Waals surface area contributed by atoms with E-state index in [0.29, 0.717) is 11.7 Å². The van der Waals surface area contributed by atoms with Gasteiger partial charge in [0.25, 0.3) is 5.56 Å². The smallest absolute Gasteiger partial charge is 0.253 e. The van der Waals surface area contributed by atoms with E-state index in [1.807, 2.05) is 60.7 Å². The van der Waals surface area contributed by atoms with Gasteiger partial charge in [-0.15, -0.1) is 0 Å². The highest BCUT2D eigenvalue weighted by Crippen LogP contribution is 2.33. The van der Waals surface area contributed by atoms with Crippen molar-refractivity contribution in [1.29, 1.82) is 0 Å². The molecule has 0 fully saturated rings. The van der Waals surface area contributed by atoms with Crippen molar-refractivity contribution in [3.63, 3.8) is 0 Å². The lowest BCUT2D eigenvalue weighted by molar-refractivity contribution is -0.120. The zero-order valence-electron chi connectivity index (χ0n) is 13.9. The van der Waals surface area contributed by atoms with Gasteiger partial charge in [0.15, 0.2) is 5.16 Å². The van der Waals surface area contributed by atoms with Gasteiger partial charge in [-0.3, -0.25) is 9.59 Å². The number of carbonyl (C=O) groups excluding carboxylic acids is 1. The second-order valence-corrected chi connectivity index (χ2v) is 6.68. The number of aromatic nitrogens is 2. The van der Waals surface area contributed by atoms with Gasteiger partial charge in [-0.1, -0.05) is 72.4 Å². The van der Waals surface area contributed by atoms with E-state index in [1.165, 1.54) is 6.07 Å². The van der Waals surface area contributed by atoms with E-state index >= 15 is 0 Å². The maximum Gasteiger partial charge on any atom is 0.253 e. The number of hydrogen-bond acceptors (Lipinski definition) is 5. The van der Waals surface area contributed by atoms with Crippen molar-refractivity contribution in [2.45, 2.75) is 17.0 Å². The molecule has 1 amide bonds. The van der Waals surface area contributed by atoms with Crippen molar-refractivity contribution in [1.82, 2.24) is 15.3 Å². The van der Waals surface area contributed by atoms with E-state index in [1.54, 1.807) is 0 Å². The van der Waals surface area contributed by atoms with Crippen molar-refractivity contribution in [3.05, 3.63) is 88.2 Å². The quantitative estimate of drug-likeness (QED) is 0.460. The third-order valence-corrected chi connectivity index (χ3v) is 4.76. The van der Waals surface area contributed by atoms with Crippen LogP contribution >= 0.6 is 11.8 Å². The number of H-pyrrole nitrogens is 1. The van der Waals surface area contributed by atoms with E-state index in [-0.39, 0.29) is 17.3 Å². The summed E-state index contributed by atoms with van der Waals surface area (Å²) in [6.07, 6.45) is 0. The minimum absolute atomic E-state index is 0.118. The molecule has 0 unspecified atom stereocenters. The molecule has 3 rings (SSSR count). The maximum absolute atomic E-state index is 12.8. The molecule has 1 atom stereocenters. The fourth-order valence-electron chi connectivity index (χ4n) is 2.40. The summed E-state index contributed by atoms with van der Waals surface area (Å²) in [5.74, 6) is -0.0529. The number of amides is 1. The van der Waals surface area contributed by atoms with Crippen molar-refractivity contribution < 1.29 is 4.79 Å². The van der Waals surface area contributed by atoms with Crippen molar-refractivity contribution in [3.8, 4) is 0 Å². The lowest BCUT2D eigenvalue weighted by Gasteiger charge is -2.16. The highest BCUT2D eigenvalue weighted by atomic mass is 32.2. The van der Waals surface area contributed by atoms with Crippen LogP contribution < -0.4 is 16.6 Å². The number of anilines is 1. The zero-order chi connectivity index (χ0) is 18.4. The third kappa shape index (κ3) is 4.73. The molecule has 7 heteroatoms. The molecule has 0 radical (unpaired) electrons. The van der Waals surface area contributed by atoms with E-state index < -0.39 is 5.25 Å². The van der Waals surface area contributed by atoms with E-state index in [0.717, 1.165) is 22.9 Å². The molecule has 0 aliphatic carbocycles. The van der Waals surface area contributed by atoms with Crippen LogP contribution in [-0.4, -0.2) is 15.9 Å². The second kappa shape index (κ2) is 8.35. The summed E-state index contributed by atoms with van der Waals surface area (Å²) in [7, 11) is 0. The van der Waals surface area contributed by atoms with Crippen LogP contribution in [0.4, 0.5) is 5.82 Å². The molecule has 2 aromatic carbocycles. The Morgan fingerprint density at radius 3 is 2.42 bits per heavy atom. The predicted octanol–water partition coefficient (Wildman–Crippen LogP) is 2.50. The summed E-state index contributed by atoms with van der Waals surface area (Å²) < 4.78 is 0. The van der Waals surface area contributed by atoms with Gasteiger partial charge in [0.1, 0.15) is 11.1 Å². The Hall–Kier alpha value is -3.06. The second-order valence-electron chi connectivity index (χ2n) is 5.59. The number of nitrogens with zero attached hydrogens (tertiary/aromatic N) is 1. The molecule has 1 aromatic heterocycles. The molecule has 6 nitrogen and oxygen atoms in total. The van der Waals surface area contributed by atoms with Gasteiger partial charge in [-0.25, -0.2) is 4.98 Å². The number of benzene rings is 2. The van der Waals surface area contributed by atoms with Crippen LogP contribution in [0.5, 0.6) is 0 Å². The molecule has 0 saturated carbocycles. The Kier molecular flexibility index (Phi) is 5.70. The fourth-order valence-corrected chi connectivity index (χ4v) is 3.42. The van der Waals surface area contributed by atoms with Crippen molar-refractivity contribution in [2.24, 2.45) is 0 Å². The number of hydrogen-bond donors (Lipinski definition) is 3. The topological polar surface area (TPSA) is 101 Å². The fraction of sp³-hybridized carbons (Fsp3) is 0.105. The van der Waals surface area contributed by atoms with E-state index in [2.05, 4.69) is 15.3 Å². The molecule has 26 heavy (non-hydrogen) atoms. The molecule has 0 bridgehead atoms. The third-order valence-electron chi connectivity index (χ3n) is 3.62. The normalized spacial score (nSPS) is 11.7. The first-order chi connectivity index (χ1) is 12.6. The van der Waals surface area contributed by atoms with Gasteiger partial charge in [-0.2, -0.15) is 0 Å². The van der Waals surface area contributed by atoms with Crippen molar-refractivity contribution >= 4 is 23.5 Å². The summed E-state index contributed by atoms with van der Waals surface area (Å²) in [5.41, 5.74) is 7.11. The largest absolute Gasteiger partial charge is 0.383 e. The van der Waals surface area contributed by atoms with E-state index in [9.17, 15) is 9.59 Å². The molecule has 132 valence electrons. The predicted molar refractivity (Wildman–Crippen MR) is 103 cm³/mol. The number of nitrogens with two attached hydrogens (primary N) is 1. The summed E-state index contributed by atoms with van der Waals surface area (Å²) in [6, 6.07) is 20.2. The lowest BCUT2D eigenvalue weighted by atomic mass is 10.1. The van der Waals surface area contributed by atoms with Crippen LogP contribution in [0.1, 0.15) is 16.4 Å². The Bertz CT molecular complexity index is 929. The molecular formula is C19H18N4O2S. The number of thioether (sulfide) groups is 1. The van der Waals surface area contributed by atoms with Crippen LogP contribution in [0.25, 0.3) is 0 Å². The van der Waals surface area contributed by atoms with Gasteiger partial charge >= 0.3 is 0 Å². The standard InChI is InChI=1S/C19H18N4O2S/c20-15-11-16(24)23-19(22-15)26-17(14-9-5-2-6-10-14)18(25)21-12-13-7-3-1-4-8-13/h1-11,17H,12H2,(H,21,25)(H3,20,22,23,24)/t17-/m0/s1. The Balaban J connectivity index is 1.81. The maximum atomic E-state index is 12.8. The monoisotopic (exact) mass is 366 g/mol. The van der Waals surface area contributed by atoms with Crippen LogP contribution in [0.15, 0.2) is 76.7 Å². The molecule has 0 spiro atoms. The first-order valence-corrected chi connectivity index (χ1v) is 8.90. The number of nitrogen functional groups attached to an aromatic ring is 1. The first-order valence-electron chi connectivity index (χ1n) is 8.02.